The molecule has 0 atom stereocenters. The third-order valence-corrected chi connectivity index (χ3v) is 4.18. The summed E-state index contributed by atoms with van der Waals surface area (Å²) in [5, 5.41) is 9.44. The zero-order valence-electron chi connectivity index (χ0n) is 12.3. The number of aromatic nitrogens is 2. The maximum absolute atomic E-state index is 9.44. The summed E-state index contributed by atoms with van der Waals surface area (Å²) in [6, 6.07) is 14.1. The average Bonchev–Trinajstić information content (AvgIpc) is 2.89. The van der Waals surface area contributed by atoms with Crippen LogP contribution in [-0.2, 0) is 0 Å². The lowest BCUT2D eigenvalue weighted by molar-refractivity contribution is 1.27. The number of rotatable bonds is 2. The number of hydrogen-bond acceptors (Lipinski definition) is 2. The van der Waals surface area contributed by atoms with E-state index in [9.17, 15) is 5.26 Å². The number of halogens is 1. The summed E-state index contributed by atoms with van der Waals surface area (Å²) >= 11 is 3.41. The number of imidazole rings is 1. The first-order valence-electron chi connectivity index (χ1n) is 6.91. The SMILES string of the molecule is Cc1cc2nc(/C(C#N)=C/c3ccc(Br)cc3)[nH]c2cc1C. The number of benzene rings is 2. The molecular formula is C18H14BrN3. The van der Waals surface area contributed by atoms with Gasteiger partial charge in [-0.3, -0.25) is 0 Å². The summed E-state index contributed by atoms with van der Waals surface area (Å²) in [4.78, 5) is 7.78. The lowest BCUT2D eigenvalue weighted by Crippen LogP contribution is -1.84. The smallest absolute Gasteiger partial charge is 0.149 e. The van der Waals surface area contributed by atoms with Crippen molar-refractivity contribution in [2.24, 2.45) is 0 Å². The number of fused-ring (bicyclic) bond motifs is 1. The summed E-state index contributed by atoms with van der Waals surface area (Å²) in [6.45, 7) is 4.13. The number of nitriles is 1. The minimum absolute atomic E-state index is 0.522. The normalized spacial score (nSPS) is 11.6. The Morgan fingerprint density at radius 1 is 1.18 bits per heavy atom. The second-order valence-electron chi connectivity index (χ2n) is 5.26. The van der Waals surface area contributed by atoms with Gasteiger partial charge in [0.15, 0.2) is 0 Å². The number of H-pyrrole nitrogens is 1. The van der Waals surface area contributed by atoms with Gasteiger partial charge in [-0.2, -0.15) is 5.26 Å². The van der Waals surface area contributed by atoms with Gasteiger partial charge in [0.1, 0.15) is 11.9 Å². The zero-order chi connectivity index (χ0) is 15.7. The van der Waals surface area contributed by atoms with Crippen LogP contribution in [0.1, 0.15) is 22.5 Å². The molecule has 108 valence electrons. The highest BCUT2D eigenvalue weighted by Crippen LogP contribution is 2.22. The fourth-order valence-electron chi connectivity index (χ4n) is 2.28. The molecule has 0 radical (unpaired) electrons. The molecule has 0 saturated carbocycles. The second-order valence-corrected chi connectivity index (χ2v) is 6.18. The average molecular weight is 352 g/mol. The molecule has 3 rings (SSSR count). The summed E-state index contributed by atoms with van der Waals surface area (Å²) in [5.41, 5.74) is 5.73. The monoisotopic (exact) mass is 351 g/mol. The van der Waals surface area contributed by atoms with Gasteiger partial charge in [-0.05, 0) is 60.9 Å². The molecule has 0 spiro atoms. The van der Waals surface area contributed by atoms with Crippen molar-refractivity contribution in [1.82, 2.24) is 9.97 Å². The summed E-state index contributed by atoms with van der Waals surface area (Å²) in [6.07, 6.45) is 1.84. The Labute approximate surface area is 137 Å². The number of aryl methyl sites for hydroxylation is 2. The van der Waals surface area contributed by atoms with Crippen molar-refractivity contribution >= 4 is 38.6 Å². The number of nitrogens with zero attached hydrogens (tertiary/aromatic N) is 2. The minimum atomic E-state index is 0.522. The van der Waals surface area contributed by atoms with Crippen molar-refractivity contribution in [3.63, 3.8) is 0 Å². The van der Waals surface area contributed by atoms with E-state index < -0.39 is 0 Å². The third-order valence-electron chi connectivity index (χ3n) is 3.65. The van der Waals surface area contributed by atoms with Crippen LogP contribution in [0.5, 0.6) is 0 Å². The Morgan fingerprint density at radius 2 is 1.86 bits per heavy atom. The number of allylic oxidation sites excluding steroid dienone is 1. The van der Waals surface area contributed by atoms with Gasteiger partial charge in [-0.1, -0.05) is 28.1 Å². The van der Waals surface area contributed by atoms with Crippen LogP contribution in [0.3, 0.4) is 0 Å². The first kappa shape index (κ1) is 14.6. The number of hydrogen-bond donors (Lipinski definition) is 1. The van der Waals surface area contributed by atoms with Crippen molar-refractivity contribution in [2.45, 2.75) is 13.8 Å². The quantitative estimate of drug-likeness (QED) is 0.660. The van der Waals surface area contributed by atoms with Crippen molar-refractivity contribution < 1.29 is 0 Å². The van der Waals surface area contributed by atoms with Crippen molar-refractivity contribution in [2.75, 3.05) is 0 Å². The van der Waals surface area contributed by atoms with E-state index in [2.05, 4.69) is 51.9 Å². The number of nitrogens with one attached hydrogen (secondary N) is 1. The summed E-state index contributed by atoms with van der Waals surface area (Å²) in [5.74, 6) is 0.602. The van der Waals surface area contributed by atoms with Crippen molar-refractivity contribution in [3.8, 4) is 6.07 Å². The van der Waals surface area contributed by atoms with E-state index in [-0.39, 0.29) is 0 Å². The first-order chi connectivity index (χ1) is 10.6. The molecule has 3 nitrogen and oxygen atoms in total. The predicted octanol–water partition coefficient (Wildman–Crippen LogP) is 5.01. The first-order valence-corrected chi connectivity index (χ1v) is 7.71. The standard InChI is InChI=1S/C18H14BrN3/c1-11-7-16-17(8-12(11)2)22-18(21-16)14(10-20)9-13-3-5-15(19)6-4-13/h3-9H,1-2H3,(H,21,22)/b14-9+. The second kappa shape index (κ2) is 5.78. The molecular weight excluding hydrogens is 338 g/mol. The van der Waals surface area contributed by atoms with Gasteiger partial charge in [-0.25, -0.2) is 4.98 Å². The highest BCUT2D eigenvalue weighted by molar-refractivity contribution is 9.10. The van der Waals surface area contributed by atoms with Crippen LogP contribution in [0.25, 0.3) is 22.7 Å². The Kier molecular flexibility index (Phi) is 3.82. The molecule has 0 fully saturated rings. The summed E-state index contributed by atoms with van der Waals surface area (Å²) < 4.78 is 1.01. The molecule has 0 aliphatic carbocycles. The Morgan fingerprint density at radius 3 is 2.55 bits per heavy atom. The van der Waals surface area contributed by atoms with Gasteiger partial charge < -0.3 is 4.98 Å². The maximum atomic E-state index is 9.44. The van der Waals surface area contributed by atoms with Gasteiger partial charge in [0.2, 0.25) is 0 Å². The Bertz CT molecular complexity index is 873. The Hall–Kier alpha value is -2.38. The molecule has 1 N–H and O–H groups in total. The molecule has 0 unspecified atom stereocenters. The molecule has 0 bridgehead atoms. The van der Waals surface area contributed by atoms with Crippen LogP contribution in [-0.4, -0.2) is 9.97 Å². The molecule has 1 aromatic heterocycles. The highest BCUT2D eigenvalue weighted by Gasteiger charge is 2.09. The van der Waals surface area contributed by atoms with Crippen molar-refractivity contribution in [1.29, 1.82) is 5.26 Å². The molecule has 0 aliphatic heterocycles. The molecule has 22 heavy (non-hydrogen) atoms. The van der Waals surface area contributed by atoms with Gasteiger partial charge >= 0.3 is 0 Å². The fourth-order valence-corrected chi connectivity index (χ4v) is 2.54. The fraction of sp³-hybridized carbons (Fsp3) is 0.111. The lowest BCUT2D eigenvalue weighted by Gasteiger charge is -1.97. The molecule has 0 saturated heterocycles. The lowest BCUT2D eigenvalue weighted by atomic mass is 10.1. The number of aromatic amines is 1. The van der Waals surface area contributed by atoms with Crippen LogP contribution in [0.2, 0.25) is 0 Å². The van der Waals surface area contributed by atoms with E-state index in [1.807, 2.05) is 36.4 Å². The third kappa shape index (κ3) is 2.81. The van der Waals surface area contributed by atoms with Crippen LogP contribution in [0.4, 0.5) is 0 Å². The van der Waals surface area contributed by atoms with Crippen LogP contribution in [0.15, 0.2) is 40.9 Å². The zero-order valence-corrected chi connectivity index (χ0v) is 13.9. The van der Waals surface area contributed by atoms with E-state index in [0.717, 1.165) is 21.1 Å². The molecule has 0 amide bonds. The van der Waals surface area contributed by atoms with E-state index in [1.165, 1.54) is 11.1 Å². The van der Waals surface area contributed by atoms with E-state index >= 15 is 0 Å². The Balaban J connectivity index is 2.07. The van der Waals surface area contributed by atoms with Gasteiger partial charge in [0.25, 0.3) is 0 Å². The highest BCUT2D eigenvalue weighted by atomic mass is 79.9. The topological polar surface area (TPSA) is 52.5 Å². The maximum Gasteiger partial charge on any atom is 0.149 e. The van der Waals surface area contributed by atoms with E-state index in [4.69, 9.17) is 0 Å². The predicted molar refractivity (Wildman–Crippen MR) is 93.2 cm³/mol. The van der Waals surface area contributed by atoms with E-state index in [1.54, 1.807) is 0 Å². The van der Waals surface area contributed by atoms with Crippen molar-refractivity contribution in [3.05, 3.63) is 63.4 Å². The molecule has 2 aromatic carbocycles. The molecule has 4 heteroatoms. The van der Waals surface area contributed by atoms with Crippen LogP contribution >= 0.6 is 15.9 Å². The van der Waals surface area contributed by atoms with Gasteiger partial charge in [0.05, 0.1) is 16.6 Å². The summed E-state index contributed by atoms with van der Waals surface area (Å²) in [7, 11) is 0. The van der Waals surface area contributed by atoms with Crippen LogP contribution in [0, 0.1) is 25.2 Å². The van der Waals surface area contributed by atoms with E-state index in [0.29, 0.717) is 11.4 Å². The van der Waals surface area contributed by atoms with Gasteiger partial charge in [-0.15, -0.1) is 0 Å². The minimum Gasteiger partial charge on any atom is -0.337 e. The largest absolute Gasteiger partial charge is 0.337 e. The molecule has 0 aliphatic rings. The van der Waals surface area contributed by atoms with Crippen LogP contribution < -0.4 is 0 Å². The molecule has 3 aromatic rings. The molecule has 1 heterocycles. The van der Waals surface area contributed by atoms with Gasteiger partial charge in [0, 0.05) is 4.47 Å².